The van der Waals surface area contributed by atoms with Gasteiger partial charge in [0.2, 0.25) is 0 Å². The van der Waals surface area contributed by atoms with Crippen molar-refractivity contribution in [3.63, 3.8) is 0 Å². The Morgan fingerprint density at radius 3 is 2.32 bits per heavy atom. The van der Waals surface area contributed by atoms with Gasteiger partial charge in [-0.2, -0.15) is 0 Å². The van der Waals surface area contributed by atoms with Crippen molar-refractivity contribution in [2.75, 3.05) is 13.2 Å². The number of aromatic nitrogens is 1. The van der Waals surface area contributed by atoms with Crippen molar-refractivity contribution in [1.29, 1.82) is 0 Å². The molecule has 0 fully saturated rings. The first-order chi connectivity index (χ1) is 8.99. The van der Waals surface area contributed by atoms with Gasteiger partial charge in [-0.3, -0.25) is 4.79 Å². The number of nitrogens with zero attached hydrogens (tertiary/aromatic N) is 1. The number of rotatable bonds is 5. The third-order valence-corrected chi connectivity index (χ3v) is 3.12. The summed E-state index contributed by atoms with van der Waals surface area (Å²) < 4.78 is 6.90. The average Bonchev–Trinajstić information content (AvgIpc) is 2.60. The molecule has 0 atom stereocenters. The zero-order valence-electron chi connectivity index (χ0n) is 12.3. The quantitative estimate of drug-likeness (QED) is 0.830. The van der Waals surface area contributed by atoms with E-state index in [1.54, 1.807) is 13.8 Å². The Hall–Kier alpha value is -1.78. The van der Waals surface area contributed by atoms with Crippen molar-refractivity contribution in [3.8, 4) is 0 Å². The van der Waals surface area contributed by atoms with Gasteiger partial charge in [-0.05, 0) is 40.2 Å². The number of amides is 1. The van der Waals surface area contributed by atoms with Crippen molar-refractivity contribution in [2.45, 2.75) is 41.2 Å². The average molecular weight is 266 g/mol. The highest BCUT2D eigenvalue weighted by molar-refractivity contribution is 6.01. The minimum absolute atomic E-state index is 0.143. The predicted octanol–water partition coefficient (Wildman–Crippen LogP) is 2.05. The van der Waals surface area contributed by atoms with Gasteiger partial charge in [0.1, 0.15) is 5.69 Å². The molecule has 1 heterocycles. The molecule has 0 saturated heterocycles. The van der Waals surface area contributed by atoms with Crippen LogP contribution in [0.5, 0.6) is 0 Å². The zero-order chi connectivity index (χ0) is 14.6. The molecular formula is C14H22N2O3. The Morgan fingerprint density at radius 2 is 1.84 bits per heavy atom. The van der Waals surface area contributed by atoms with Gasteiger partial charge < -0.3 is 14.6 Å². The number of carbonyl (C=O) groups excluding carboxylic acids is 2. The Kier molecular flexibility index (Phi) is 5.15. The molecule has 106 valence electrons. The summed E-state index contributed by atoms with van der Waals surface area (Å²) in [6.45, 7) is 10.7. The van der Waals surface area contributed by atoms with E-state index < -0.39 is 0 Å². The van der Waals surface area contributed by atoms with Gasteiger partial charge in [0.25, 0.3) is 5.91 Å². The number of hydrogen-bond donors (Lipinski definition) is 1. The van der Waals surface area contributed by atoms with E-state index in [1.807, 2.05) is 25.3 Å². The van der Waals surface area contributed by atoms with E-state index in [4.69, 9.17) is 4.74 Å². The summed E-state index contributed by atoms with van der Waals surface area (Å²) in [5, 5.41) is 2.77. The topological polar surface area (TPSA) is 60.3 Å². The van der Waals surface area contributed by atoms with Crippen LogP contribution in [-0.2, 0) is 11.3 Å². The Balaban J connectivity index is 3.36. The number of hydrogen-bond acceptors (Lipinski definition) is 3. The number of carbonyl (C=O) groups is 2. The van der Waals surface area contributed by atoms with E-state index in [-0.39, 0.29) is 11.9 Å². The van der Waals surface area contributed by atoms with Gasteiger partial charge in [-0.25, -0.2) is 4.79 Å². The SMILES string of the molecule is CCNC(=O)c1c(C)c(C(=O)OCC)n(CC)c1C. The summed E-state index contributed by atoms with van der Waals surface area (Å²) in [7, 11) is 0. The summed E-state index contributed by atoms with van der Waals surface area (Å²) in [6, 6.07) is 0. The van der Waals surface area contributed by atoms with Crippen LogP contribution in [0.25, 0.3) is 0 Å². The molecule has 19 heavy (non-hydrogen) atoms. The van der Waals surface area contributed by atoms with Crippen LogP contribution in [0, 0.1) is 13.8 Å². The lowest BCUT2D eigenvalue weighted by molar-refractivity contribution is 0.0512. The lowest BCUT2D eigenvalue weighted by atomic mass is 10.1. The first-order valence-electron chi connectivity index (χ1n) is 6.64. The second-order valence-electron chi connectivity index (χ2n) is 4.26. The molecule has 1 rings (SSSR count). The molecule has 0 aromatic carbocycles. The van der Waals surface area contributed by atoms with E-state index in [0.29, 0.717) is 36.5 Å². The molecule has 0 unspecified atom stereocenters. The fourth-order valence-electron chi connectivity index (χ4n) is 2.34. The zero-order valence-corrected chi connectivity index (χ0v) is 12.3. The molecule has 0 aliphatic carbocycles. The molecule has 0 spiro atoms. The summed E-state index contributed by atoms with van der Waals surface area (Å²) >= 11 is 0. The molecule has 1 amide bonds. The maximum atomic E-state index is 12.1. The maximum absolute atomic E-state index is 12.1. The van der Waals surface area contributed by atoms with Crippen LogP contribution in [0.1, 0.15) is 52.9 Å². The normalized spacial score (nSPS) is 10.4. The monoisotopic (exact) mass is 266 g/mol. The van der Waals surface area contributed by atoms with Crippen molar-refractivity contribution in [3.05, 3.63) is 22.5 Å². The molecule has 0 aliphatic heterocycles. The fourth-order valence-corrected chi connectivity index (χ4v) is 2.34. The fraction of sp³-hybridized carbons (Fsp3) is 0.571. The lowest BCUT2D eigenvalue weighted by Crippen LogP contribution is -2.24. The van der Waals surface area contributed by atoms with E-state index in [0.717, 1.165) is 5.69 Å². The van der Waals surface area contributed by atoms with Gasteiger partial charge in [0, 0.05) is 18.8 Å². The number of ether oxygens (including phenoxy) is 1. The van der Waals surface area contributed by atoms with Crippen LogP contribution in [0.2, 0.25) is 0 Å². The van der Waals surface area contributed by atoms with Gasteiger partial charge in [0.15, 0.2) is 0 Å². The van der Waals surface area contributed by atoms with E-state index in [1.165, 1.54) is 0 Å². The van der Waals surface area contributed by atoms with Crippen LogP contribution in [-0.4, -0.2) is 29.6 Å². The van der Waals surface area contributed by atoms with E-state index in [9.17, 15) is 9.59 Å². The predicted molar refractivity (Wildman–Crippen MR) is 73.5 cm³/mol. The highest BCUT2D eigenvalue weighted by Crippen LogP contribution is 2.23. The van der Waals surface area contributed by atoms with Gasteiger partial charge >= 0.3 is 5.97 Å². The third kappa shape index (κ3) is 2.80. The molecule has 0 aliphatic rings. The smallest absolute Gasteiger partial charge is 0.355 e. The first kappa shape index (κ1) is 15.3. The van der Waals surface area contributed by atoms with E-state index in [2.05, 4.69) is 5.32 Å². The third-order valence-electron chi connectivity index (χ3n) is 3.12. The Labute approximate surface area is 113 Å². The molecule has 0 radical (unpaired) electrons. The van der Waals surface area contributed by atoms with Crippen molar-refractivity contribution in [2.24, 2.45) is 0 Å². The molecule has 1 aromatic heterocycles. The molecule has 1 aromatic rings. The standard InChI is InChI=1S/C14H22N2O3/c1-6-15-13(17)11-9(4)12(14(18)19-8-3)16(7-2)10(11)5/h6-8H2,1-5H3,(H,15,17). The van der Waals surface area contributed by atoms with Gasteiger partial charge in [-0.15, -0.1) is 0 Å². The Morgan fingerprint density at radius 1 is 1.21 bits per heavy atom. The molecule has 5 nitrogen and oxygen atoms in total. The molecule has 0 bridgehead atoms. The van der Waals surface area contributed by atoms with Crippen LogP contribution < -0.4 is 5.32 Å². The summed E-state index contributed by atoms with van der Waals surface area (Å²) in [6.07, 6.45) is 0. The van der Waals surface area contributed by atoms with Gasteiger partial charge in [-0.1, -0.05) is 0 Å². The van der Waals surface area contributed by atoms with Crippen molar-refractivity contribution < 1.29 is 14.3 Å². The molecular weight excluding hydrogens is 244 g/mol. The lowest BCUT2D eigenvalue weighted by Gasteiger charge is -2.08. The second kappa shape index (κ2) is 6.41. The number of esters is 1. The van der Waals surface area contributed by atoms with Crippen molar-refractivity contribution in [1.82, 2.24) is 9.88 Å². The maximum Gasteiger partial charge on any atom is 0.355 e. The summed E-state index contributed by atoms with van der Waals surface area (Å²) in [5.74, 6) is -0.518. The molecule has 5 heteroatoms. The largest absolute Gasteiger partial charge is 0.461 e. The minimum atomic E-state index is -0.375. The number of nitrogens with one attached hydrogen (secondary N) is 1. The molecule has 0 saturated carbocycles. The Bertz CT molecular complexity index is 489. The summed E-state index contributed by atoms with van der Waals surface area (Å²) in [5.41, 5.74) is 2.53. The minimum Gasteiger partial charge on any atom is -0.461 e. The van der Waals surface area contributed by atoms with Crippen LogP contribution in [0.15, 0.2) is 0 Å². The van der Waals surface area contributed by atoms with Crippen molar-refractivity contribution >= 4 is 11.9 Å². The van der Waals surface area contributed by atoms with Gasteiger partial charge in [0.05, 0.1) is 12.2 Å². The molecule has 1 N–H and O–H groups in total. The van der Waals surface area contributed by atoms with Crippen LogP contribution in [0.4, 0.5) is 0 Å². The van der Waals surface area contributed by atoms with E-state index >= 15 is 0 Å². The first-order valence-corrected chi connectivity index (χ1v) is 6.64. The van der Waals surface area contributed by atoms with Crippen LogP contribution >= 0.6 is 0 Å². The van der Waals surface area contributed by atoms with Crippen LogP contribution in [0.3, 0.4) is 0 Å². The summed E-state index contributed by atoms with van der Waals surface area (Å²) in [4.78, 5) is 24.1. The second-order valence-corrected chi connectivity index (χ2v) is 4.26. The highest BCUT2D eigenvalue weighted by atomic mass is 16.5. The highest BCUT2D eigenvalue weighted by Gasteiger charge is 2.26.